The van der Waals surface area contributed by atoms with Crippen LogP contribution in [-0.4, -0.2) is 44.1 Å². The fraction of sp³-hybridized carbons (Fsp3) is 0.378. The van der Waals surface area contributed by atoms with Gasteiger partial charge in [0, 0.05) is 36.2 Å². The van der Waals surface area contributed by atoms with E-state index in [0.29, 0.717) is 18.8 Å². The number of ether oxygens (including phenoxy) is 2. The Morgan fingerprint density at radius 2 is 1.58 bits per heavy atom. The lowest BCUT2D eigenvalue weighted by Crippen LogP contribution is -2.49. The number of H-pyrrole nitrogens is 1. The zero-order chi connectivity index (χ0) is 32.4. The van der Waals surface area contributed by atoms with Gasteiger partial charge in [0.15, 0.2) is 6.10 Å². The number of rotatable bonds is 7. The van der Waals surface area contributed by atoms with Crippen LogP contribution in [0.4, 0.5) is 4.79 Å². The van der Waals surface area contributed by atoms with E-state index in [4.69, 9.17) is 14.5 Å². The quantitative estimate of drug-likeness (QED) is 0.229. The molecule has 5 rings (SSSR count). The van der Waals surface area contributed by atoms with Gasteiger partial charge in [0.2, 0.25) is 0 Å². The lowest BCUT2D eigenvalue weighted by atomic mass is 9.92. The zero-order valence-electron chi connectivity index (χ0n) is 27.3. The van der Waals surface area contributed by atoms with Gasteiger partial charge in [0.05, 0.1) is 11.7 Å². The van der Waals surface area contributed by atoms with Crippen molar-refractivity contribution in [2.75, 3.05) is 0 Å². The number of carbonyl (C=O) groups excluding carboxylic acids is 2. The molecule has 2 unspecified atom stereocenters. The van der Waals surface area contributed by atoms with Crippen LogP contribution in [0.5, 0.6) is 5.75 Å². The van der Waals surface area contributed by atoms with Crippen LogP contribution in [0.25, 0.3) is 11.3 Å². The van der Waals surface area contributed by atoms with Crippen molar-refractivity contribution in [1.82, 2.24) is 20.2 Å². The number of aromatic nitrogens is 2. The Balaban J connectivity index is 1.49. The molecular weight excluding hydrogens is 564 g/mol. The summed E-state index contributed by atoms with van der Waals surface area (Å²) < 4.78 is 11.9. The Bertz CT molecular complexity index is 1630. The van der Waals surface area contributed by atoms with E-state index in [-0.39, 0.29) is 24.0 Å². The van der Waals surface area contributed by atoms with Crippen LogP contribution < -0.4 is 10.1 Å². The smallest absolute Gasteiger partial charge is 0.408 e. The van der Waals surface area contributed by atoms with Crippen molar-refractivity contribution in [2.24, 2.45) is 0 Å². The molecule has 8 heteroatoms. The maximum atomic E-state index is 14.6. The predicted octanol–water partition coefficient (Wildman–Crippen LogP) is 7.32. The minimum Gasteiger partial charge on any atom is -0.488 e. The molecule has 2 N–H and O–H groups in total. The first-order valence-electron chi connectivity index (χ1n) is 15.5. The van der Waals surface area contributed by atoms with Gasteiger partial charge in [-0.25, -0.2) is 9.78 Å². The summed E-state index contributed by atoms with van der Waals surface area (Å²) in [5.74, 6) is 1.16. The molecule has 3 aromatic carbocycles. The normalized spacial score (nSPS) is 15.6. The summed E-state index contributed by atoms with van der Waals surface area (Å²) >= 11 is 0. The summed E-state index contributed by atoms with van der Waals surface area (Å²) in [6.45, 7) is 14.0. The van der Waals surface area contributed by atoms with Gasteiger partial charge in [-0.3, -0.25) is 4.79 Å². The highest BCUT2D eigenvalue weighted by molar-refractivity contribution is 5.84. The fourth-order valence-corrected chi connectivity index (χ4v) is 5.61. The maximum Gasteiger partial charge on any atom is 0.408 e. The Labute approximate surface area is 266 Å². The first-order chi connectivity index (χ1) is 21.3. The summed E-state index contributed by atoms with van der Waals surface area (Å²) in [5, 5.41) is 2.85. The number of aryl methyl sites for hydroxylation is 1. The van der Waals surface area contributed by atoms with Crippen molar-refractivity contribution >= 4 is 12.0 Å². The van der Waals surface area contributed by atoms with Crippen LogP contribution >= 0.6 is 0 Å². The standard InChI is InChI=1S/C37H44N4O4/c1-24-32(26-13-9-8-10-14-26)39-33(38-24)30-22-27-15-11-12-16-28(27)23-41(30)34(42)31(44-35(43)40-36(2,3)4)21-25-17-19-29(20-18-25)45-37(5,6)7/h8-20,30-31H,21-23H2,1-7H3,(H,38,39)(H,40,43). The third kappa shape index (κ3) is 8.12. The van der Waals surface area contributed by atoms with Crippen molar-refractivity contribution in [1.29, 1.82) is 0 Å². The number of carbonyl (C=O) groups is 2. The second kappa shape index (κ2) is 12.8. The predicted molar refractivity (Wildman–Crippen MR) is 176 cm³/mol. The molecule has 2 heterocycles. The van der Waals surface area contributed by atoms with Crippen LogP contribution in [0, 0.1) is 6.92 Å². The first kappa shape index (κ1) is 31.8. The van der Waals surface area contributed by atoms with E-state index in [0.717, 1.165) is 33.8 Å². The van der Waals surface area contributed by atoms with Crippen LogP contribution in [0.2, 0.25) is 0 Å². The van der Waals surface area contributed by atoms with Gasteiger partial charge < -0.3 is 24.7 Å². The molecule has 1 aliphatic heterocycles. The van der Waals surface area contributed by atoms with Crippen molar-refractivity contribution in [3.05, 3.63) is 107 Å². The zero-order valence-corrected chi connectivity index (χ0v) is 27.3. The largest absolute Gasteiger partial charge is 0.488 e. The number of hydrogen-bond donors (Lipinski definition) is 2. The van der Waals surface area contributed by atoms with Crippen molar-refractivity contribution in [3.63, 3.8) is 0 Å². The number of fused-ring (bicyclic) bond motifs is 1. The second-order valence-electron chi connectivity index (χ2n) is 13.7. The molecule has 236 valence electrons. The minimum atomic E-state index is -1.06. The van der Waals surface area contributed by atoms with E-state index >= 15 is 0 Å². The maximum absolute atomic E-state index is 14.6. The molecule has 0 fully saturated rings. The Morgan fingerprint density at radius 1 is 0.933 bits per heavy atom. The molecule has 45 heavy (non-hydrogen) atoms. The Morgan fingerprint density at radius 3 is 2.22 bits per heavy atom. The van der Waals surface area contributed by atoms with Crippen LogP contribution in [0.3, 0.4) is 0 Å². The summed E-state index contributed by atoms with van der Waals surface area (Å²) in [6, 6.07) is 25.4. The highest BCUT2D eigenvalue weighted by Crippen LogP contribution is 2.35. The van der Waals surface area contributed by atoms with Crippen molar-refractivity contribution in [2.45, 2.75) is 91.1 Å². The third-order valence-electron chi connectivity index (χ3n) is 7.57. The minimum absolute atomic E-state index is 0.212. The summed E-state index contributed by atoms with van der Waals surface area (Å²) in [7, 11) is 0. The van der Waals surface area contributed by atoms with E-state index in [2.05, 4.69) is 16.4 Å². The topological polar surface area (TPSA) is 96.5 Å². The van der Waals surface area contributed by atoms with Crippen LogP contribution in [0.1, 0.15) is 75.8 Å². The van der Waals surface area contributed by atoms with E-state index in [1.165, 1.54) is 5.56 Å². The molecule has 4 aromatic rings. The molecule has 0 saturated carbocycles. The van der Waals surface area contributed by atoms with Gasteiger partial charge >= 0.3 is 6.09 Å². The second-order valence-corrected chi connectivity index (χ2v) is 13.7. The number of hydrogen-bond acceptors (Lipinski definition) is 5. The average Bonchev–Trinajstić information content (AvgIpc) is 3.36. The highest BCUT2D eigenvalue weighted by atomic mass is 16.6. The molecule has 0 bridgehead atoms. The highest BCUT2D eigenvalue weighted by Gasteiger charge is 2.38. The lowest BCUT2D eigenvalue weighted by molar-refractivity contribution is -0.144. The number of aromatic amines is 1. The molecule has 0 radical (unpaired) electrons. The molecule has 0 aliphatic carbocycles. The molecule has 1 aliphatic rings. The number of amides is 2. The molecule has 1 aromatic heterocycles. The van der Waals surface area contributed by atoms with Crippen LogP contribution in [0.15, 0.2) is 78.9 Å². The van der Waals surface area contributed by atoms with Gasteiger partial charge in [-0.15, -0.1) is 0 Å². The van der Waals surface area contributed by atoms with Gasteiger partial charge in [0.1, 0.15) is 17.2 Å². The van der Waals surface area contributed by atoms with Crippen molar-refractivity contribution < 1.29 is 19.1 Å². The molecular formula is C37H44N4O4. The summed E-state index contributed by atoms with van der Waals surface area (Å²) in [6.07, 6.45) is -0.895. The molecule has 0 saturated heterocycles. The van der Waals surface area contributed by atoms with E-state index in [9.17, 15) is 9.59 Å². The van der Waals surface area contributed by atoms with Crippen molar-refractivity contribution in [3.8, 4) is 17.0 Å². The van der Waals surface area contributed by atoms with E-state index in [1.54, 1.807) is 0 Å². The Hall–Kier alpha value is -4.59. The fourth-order valence-electron chi connectivity index (χ4n) is 5.61. The van der Waals surface area contributed by atoms with Gasteiger partial charge in [-0.1, -0.05) is 66.7 Å². The molecule has 0 spiro atoms. The number of nitrogens with zero attached hydrogens (tertiary/aromatic N) is 2. The monoisotopic (exact) mass is 608 g/mol. The summed E-state index contributed by atoms with van der Waals surface area (Å²) in [5.41, 5.74) is 5.01. The number of alkyl carbamates (subject to hydrolysis) is 1. The van der Waals surface area contributed by atoms with Gasteiger partial charge in [0.25, 0.3) is 5.91 Å². The number of nitrogens with one attached hydrogen (secondary N) is 2. The van der Waals surface area contributed by atoms with Gasteiger partial charge in [-0.2, -0.15) is 0 Å². The first-order valence-corrected chi connectivity index (χ1v) is 15.5. The Kier molecular flexibility index (Phi) is 9.05. The van der Waals surface area contributed by atoms with E-state index in [1.807, 2.05) is 126 Å². The van der Waals surface area contributed by atoms with E-state index < -0.39 is 17.7 Å². The lowest BCUT2D eigenvalue weighted by Gasteiger charge is -2.38. The SMILES string of the molecule is Cc1[nH]c(C2Cc3ccccc3CN2C(=O)C(Cc2ccc(OC(C)(C)C)cc2)OC(=O)NC(C)(C)C)nc1-c1ccccc1. The molecule has 8 nitrogen and oxygen atoms in total. The summed E-state index contributed by atoms with van der Waals surface area (Å²) in [4.78, 5) is 37.9. The third-order valence-corrected chi connectivity index (χ3v) is 7.57. The van der Waals surface area contributed by atoms with Crippen LogP contribution in [-0.2, 0) is 28.9 Å². The number of benzene rings is 3. The number of imidazole rings is 1. The van der Waals surface area contributed by atoms with Gasteiger partial charge in [-0.05, 0) is 77.3 Å². The average molecular weight is 609 g/mol. The molecule has 2 atom stereocenters. The molecule has 2 amide bonds.